The lowest BCUT2D eigenvalue weighted by Gasteiger charge is -2.13. The topological polar surface area (TPSA) is 64.6 Å². The lowest BCUT2D eigenvalue weighted by Crippen LogP contribution is -2.12. The zero-order valence-electron chi connectivity index (χ0n) is 13.0. The highest BCUT2D eigenvalue weighted by atomic mass is 32.2. The van der Waals surface area contributed by atoms with E-state index in [9.17, 15) is 8.42 Å². The first-order valence-corrected chi connectivity index (χ1v) is 9.08. The molecule has 1 aromatic carbocycles. The van der Waals surface area contributed by atoms with Crippen molar-refractivity contribution in [3.8, 4) is 11.5 Å². The second kappa shape index (κ2) is 8.89. The number of hydrogen-bond donors (Lipinski definition) is 1. The Morgan fingerprint density at radius 1 is 1.14 bits per heavy atom. The molecule has 21 heavy (non-hydrogen) atoms. The van der Waals surface area contributed by atoms with Crippen molar-refractivity contribution in [3.63, 3.8) is 0 Å². The quantitative estimate of drug-likeness (QED) is 0.669. The fraction of sp³-hybridized carbons (Fsp3) is 0.600. The van der Waals surface area contributed by atoms with Gasteiger partial charge in [-0.15, -0.1) is 0 Å². The zero-order valence-corrected chi connectivity index (χ0v) is 13.8. The number of ether oxygens (including phenoxy) is 2. The van der Waals surface area contributed by atoms with Crippen LogP contribution in [-0.2, 0) is 16.4 Å². The van der Waals surface area contributed by atoms with Crippen molar-refractivity contribution < 1.29 is 17.9 Å². The summed E-state index contributed by atoms with van der Waals surface area (Å²) < 4.78 is 34.0. The van der Waals surface area contributed by atoms with E-state index in [1.54, 1.807) is 6.92 Å². The lowest BCUT2D eigenvalue weighted by molar-refractivity contribution is 0.277. The van der Waals surface area contributed by atoms with Crippen molar-refractivity contribution in [2.75, 3.05) is 31.8 Å². The van der Waals surface area contributed by atoms with Crippen LogP contribution in [0.2, 0.25) is 0 Å². The Morgan fingerprint density at radius 3 is 2.52 bits per heavy atom. The molecule has 6 heteroatoms. The Labute approximate surface area is 127 Å². The maximum Gasteiger partial charge on any atom is 0.161 e. The third kappa shape index (κ3) is 6.35. The molecule has 0 aliphatic rings. The summed E-state index contributed by atoms with van der Waals surface area (Å²) in [5.74, 6) is 1.69. The van der Waals surface area contributed by atoms with Crippen LogP contribution in [0.4, 0.5) is 0 Å². The molecule has 0 fully saturated rings. The van der Waals surface area contributed by atoms with E-state index >= 15 is 0 Å². The first-order valence-electron chi connectivity index (χ1n) is 7.26. The van der Waals surface area contributed by atoms with Crippen LogP contribution in [0.1, 0.15) is 25.8 Å². The van der Waals surface area contributed by atoms with Crippen molar-refractivity contribution in [2.45, 2.75) is 26.8 Å². The van der Waals surface area contributed by atoms with Gasteiger partial charge in [0, 0.05) is 12.3 Å². The summed E-state index contributed by atoms with van der Waals surface area (Å²) in [5, 5.41) is 3.09. The predicted octanol–water partition coefficient (Wildman–Crippen LogP) is 2.01. The third-order valence-electron chi connectivity index (χ3n) is 2.99. The number of sulfone groups is 1. The van der Waals surface area contributed by atoms with E-state index < -0.39 is 9.84 Å². The Kier molecular flexibility index (Phi) is 7.53. The molecule has 0 spiro atoms. The Hall–Kier alpha value is -1.27. The first kappa shape index (κ1) is 17.8. The fourth-order valence-corrected chi connectivity index (χ4v) is 2.71. The smallest absolute Gasteiger partial charge is 0.161 e. The molecule has 0 heterocycles. The molecule has 1 rings (SSSR count). The van der Waals surface area contributed by atoms with Crippen LogP contribution in [-0.4, -0.2) is 40.2 Å². The average Bonchev–Trinajstić information content (AvgIpc) is 2.46. The van der Waals surface area contributed by atoms with E-state index in [0.717, 1.165) is 12.1 Å². The van der Waals surface area contributed by atoms with Gasteiger partial charge in [-0.05, 0) is 38.1 Å². The van der Waals surface area contributed by atoms with Gasteiger partial charge in [0.15, 0.2) is 11.5 Å². The SMILES string of the molecule is CCOc1cc(CNC)ccc1OCCCS(=O)(=O)CC. The largest absolute Gasteiger partial charge is 0.490 e. The number of benzene rings is 1. The zero-order chi connectivity index (χ0) is 15.7. The summed E-state index contributed by atoms with van der Waals surface area (Å²) in [4.78, 5) is 0. The van der Waals surface area contributed by atoms with Gasteiger partial charge in [0.05, 0.1) is 19.0 Å². The van der Waals surface area contributed by atoms with Crippen molar-refractivity contribution in [1.29, 1.82) is 0 Å². The summed E-state index contributed by atoms with van der Waals surface area (Å²) in [6.07, 6.45) is 0.486. The molecule has 0 atom stereocenters. The monoisotopic (exact) mass is 315 g/mol. The molecule has 0 radical (unpaired) electrons. The Morgan fingerprint density at radius 2 is 1.90 bits per heavy atom. The summed E-state index contributed by atoms with van der Waals surface area (Å²) in [6, 6.07) is 5.78. The van der Waals surface area contributed by atoms with Crippen molar-refractivity contribution in [3.05, 3.63) is 23.8 Å². The molecule has 0 aliphatic heterocycles. The van der Waals surface area contributed by atoms with E-state index in [1.165, 1.54) is 0 Å². The second-order valence-corrected chi connectivity index (χ2v) is 7.16. The number of rotatable bonds is 10. The molecule has 120 valence electrons. The molecule has 0 unspecified atom stereocenters. The van der Waals surface area contributed by atoms with E-state index in [-0.39, 0.29) is 11.5 Å². The summed E-state index contributed by atoms with van der Waals surface area (Å²) in [5.41, 5.74) is 1.11. The standard InChI is InChI=1S/C15H25NO4S/c1-4-19-15-11-13(12-16-3)7-8-14(15)20-9-6-10-21(17,18)5-2/h7-8,11,16H,4-6,9-10,12H2,1-3H3. The van der Waals surface area contributed by atoms with Crippen LogP contribution in [0.3, 0.4) is 0 Å². The van der Waals surface area contributed by atoms with Crippen molar-refractivity contribution in [2.24, 2.45) is 0 Å². The molecule has 0 saturated carbocycles. The molecule has 5 nitrogen and oxygen atoms in total. The van der Waals surface area contributed by atoms with E-state index in [1.807, 2.05) is 32.2 Å². The highest BCUT2D eigenvalue weighted by Gasteiger charge is 2.09. The molecule has 1 aromatic rings. The van der Waals surface area contributed by atoms with Gasteiger partial charge in [-0.1, -0.05) is 13.0 Å². The minimum absolute atomic E-state index is 0.158. The highest BCUT2D eigenvalue weighted by molar-refractivity contribution is 7.91. The number of hydrogen-bond acceptors (Lipinski definition) is 5. The van der Waals surface area contributed by atoms with Crippen LogP contribution in [0.25, 0.3) is 0 Å². The van der Waals surface area contributed by atoms with Crippen LogP contribution >= 0.6 is 0 Å². The Balaban J connectivity index is 2.61. The Bertz CT molecular complexity index is 528. The molecule has 0 saturated heterocycles. The normalized spacial score (nSPS) is 11.4. The van der Waals surface area contributed by atoms with E-state index in [4.69, 9.17) is 9.47 Å². The average molecular weight is 315 g/mol. The molecule has 0 bridgehead atoms. The van der Waals surface area contributed by atoms with Crippen molar-refractivity contribution in [1.82, 2.24) is 5.32 Å². The maximum atomic E-state index is 11.4. The van der Waals surface area contributed by atoms with Crippen LogP contribution < -0.4 is 14.8 Å². The summed E-state index contributed by atoms with van der Waals surface area (Å²) >= 11 is 0. The summed E-state index contributed by atoms with van der Waals surface area (Å²) in [6.45, 7) is 5.26. The van der Waals surface area contributed by atoms with Gasteiger partial charge in [0.1, 0.15) is 9.84 Å². The minimum Gasteiger partial charge on any atom is -0.490 e. The van der Waals surface area contributed by atoms with E-state index in [0.29, 0.717) is 31.1 Å². The molecule has 0 aliphatic carbocycles. The van der Waals surface area contributed by atoms with Crippen LogP contribution in [0.5, 0.6) is 11.5 Å². The minimum atomic E-state index is -2.93. The molecule has 1 N–H and O–H groups in total. The predicted molar refractivity (Wildman–Crippen MR) is 84.8 cm³/mol. The molecule has 0 amide bonds. The molecule has 0 aromatic heterocycles. The summed E-state index contributed by atoms with van der Waals surface area (Å²) in [7, 11) is -1.04. The van der Waals surface area contributed by atoms with E-state index in [2.05, 4.69) is 5.32 Å². The third-order valence-corrected chi connectivity index (χ3v) is 4.78. The molecular weight excluding hydrogens is 290 g/mol. The van der Waals surface area contributed by atoms with Crippen LogP contribution in [0, 0.1) is 0 Å². The van der Waals surface area contributed by atoms with Crippen LogP contribution in [0.15, 0.2) is 18.2 Å². The van der Waals surface area contributed by atoms with Gasteiger partial charge in [0.25, 0.3) is 0 Å². The maximum absolute atomic E-state index is 11.4. The highest BCUT2D eigenvalue weighted by Crippen LogP contribution is 2.28. The van der Waals surface area contributed by atoms with Gasteiger partial charge >= 0.3 is 0 Å². The van der Waals surface area contributed by atoms with Crippen molar-refractivity contribution >= 4 is 9.84 Å². The lowest BCUT2D eigenvalue weighted by atomic mass is 10.2. The first-order chi connectivity index (χ1) is 10.0. The van der Waals surface area contributed by atoms with Gasteiger partial charge in [-0.25, -0.2) is 8.42 Å². The van der Waals surface area contributed by atoms with Gasteiger partial charge in [0.2, 0.25) is 0 Å². The fourth-order valence-electron chi connectivity index (χ4n) is 1.86. The molecular formula is C15H25NO4S. The van der Waals surface area contributed by atoms with Gasteiger partial charge < -0.3 is 14.8 Å². The van der Waals surface area contributed by atoms with Gasteiger partial charge in [-0.2, -0.15) is 0 Å². The number of nitrogens with one attached hydrogen (secondary N) is 1. The second-order valence-electron chi connectivity index (χ2n) is 4.68. The van der Waals surface area contributed by atoms with Gasteiger partial charge in [-0.3, -0.25) is 0 Å².